The van der Waals surface area contributed by atoms with Crippen molar-refractivity contribution in [2.45, 2.75) is 44.4 Å². The van der Waals surface area contributed by atoms with Crippen molar-refractivity contribution in [1.82, 2.24) is 0 Å². The van der Waals surface area contributed by atoms with Gasteiger partial charge in [-0.25, -0.2) is 0 Å². The van der Waals surface area contributed by atoms with Crippen molar-refractivity contribution in [3.8, 4) is 0 Å². The molecule has 0 amide bonds. The zero-order valence-electron chi connectivity index (χ0n) is 9.80. The highest BCUT2D eigenvalue weighted by Gasteiger charge is 2.48. The Labute approximate surface area is 93.5 Å². The minimum atomic E-state index is -0.505. The van der Waals surface area contributed by atoms with Gasteiger partial charge in [-0.15, -0.1) is 6.58 Å². The molecule has 0 aromatic heterocycles. The van der Waals surface area contributed by atoms with E-state index < -0.39 is 5.54 Å². The average Bonchev–Trinajstić information content (AvgIpc) is 2.15. The van der Waals surface area contributed by atoms with Gasteiger partial charge >= 0.3 is 0 Å². The van der Waals surface area contributed by atoms with E-state index in [4.69, 9.17) is 24.1 Å². The van der Waals surface area contributed by atoms with E-state index in [1.807, 2.05) is 19.9 Å². The Hall–Kier alpha value is 0.01000. The summed E-state index contributed by atoms with van der Waals surface area (Å²) in [5.74, 6) is 0. The van der Waals surface area contributed by atoms with Crippen LogP contribution < -0.4 is 11.5 Å². The van der Waals surface area contributed by atoms with Crippen LogP contribution in [-0.2, 0) is 0 Å². The Morgan fingerprint density at radius 2 is 1.79 bits per heavy atom. The lowest BCUT2D eigenvalue weighted by Crippen LogP contribution is -2.64. The molecular formula is C11H24N2S. The molecule has 0 saturated heterocycles. The summed E-state index contributed by atoms with van der Waals surface area (Å²) in [4.78, 5) is 0. The molecule has 0 rings (SSSR count). The standard InChI is InChI=1S/C11H24N2S/c1-6-9(3,7-2)11(5,14)10(4,13)8-12/h6,14H,1,7-8,12-13H2,2-5H3. The smallest absolute Gasteiger partial charge is 0.0402 e. The number of hydrogen-bond donors (Lipinski definition) is 3. The normalized spacial score (nSPS) is 24.5. The lowest BCUT2D eigenvalue weighted by atomic mass is 9.66. The fourth-order valence-electron chi connectivity index (χ4n) is 1.54. The molecule has 0 heterocycles. The molecule has 0 radical (unpaired) electrons. The van der Waals surface area contributed by atoms with E-state index in [1.54, 1.807) is 0 Å². The van der Waals surface area contributed by atoms with Crippen LogP contribution in [0.1, 0.15) is 34.1 Å². The second-order valence-corrected chi connectivity index (χ2v) is 5.56. The third kappa shape index (κ3) is 2.00. The zero-order chi connectivity index (χ0) is 11.6. The summed E-state index contributed by atoms with van der Waals surface area (Å²) >= 11 is 4.71. The minimum Gasteiger partial charge on any atom is -0.329 e. The van der Waals surface area contributed by atoms with Gasteiger partial charge in [0.1, 0.15) is 0 Å². The molecule has 0 aromatic rings. The van der Waals surface area contributed by atoms with E-state index >= 15 is 0 Å². The Balaban J connectivity index is 5.21. The van der Waals surface area contributed by atoms with Crippen LogP contribution >= 0.6 is 12.6 Å². The van der Waals surface area contributed by atoms with Crippen molar-refractivity contribution >= 4 is 12.6 Å². The fraction of sp³-hybridized carbons (Fsp3) is 0.818. The average molecular weight is 216 g/mol. The van der Waals surface area contributed by atoms with Crippen molar-refractivity contribution in [2.24, 2.45) is 16.9 Å². The largest absolute Gasteiger partial charge is 0.329 e. The predicted octanol–water partition coefficient (Wildman–Crippen LogP) is 1.95. The fourth-order valence-corrected chi connectivity index (χ4v) is 1.88. The second-order valence-electron chi connectivity index (χ2n) is 4.67. The van der Waals surface area contributed by atoms with Crippen molar-refractivity contribution < 1.29 is 0 Å². The molecular weight excluding hydrogens is 192 g/mol. The first-order valence-electron chi connectivity index (χ1n) is 5.03. The molecule has 3 unspecified atom stereocenters. The zero-order valence-corrected chi connectivity index (χ0v) is 10.7. The SMILES string of the molecule is C=CC(C)(CC)C(C)(S)C(C)(N)CN. The number of hydrogen-bond acceptors (Lipinski definition) is 3. The summed E-state index contributed by atoms with van der Waals surface area (Å²) in [5, 5.41) is 0. The summed E-state index contributed by atoms with van der Waals surface area (Å²) in [5.41, 5.74) is 11.3. The maximum atomic E-state index is 6.18. The van der Waals surface area contributed by atoms with Crippen molar-refractivity contribution in [2.75, 3.05) is 6.54 Å². The van der Waals surface area contributed by atoms with Crippen molar-refractivity contribution in [1.29, 1.82) is 0 Å². The summed E-state index contributed by atoms with van der Waals surface area (Å²) in [6.45, 7) is 12.5. The molecule has 84 valence electrons. The Morgan fingerprint density at radius 1 is 1.36 bits per heavy atom. The summed E-state index contributed by atoms with van der Waals surface area (Å²) in [7, 11) is 0. The molecule has 0 spiro atoms. The molecule has 0 fully saturated rings. The third-order valence-electron chi connectivity index (χ3n) is 3.83. The van der Waals surface area contributed by atoms with Crippen LogP contribution in [0.5, 0.6) is 0 Å². The monoisotopic (exact) mass is 216 g/mol. The van der Waals surface area contributed by atoms with Crippen LogP contribution in [-0.4, -0.2) is 16.8 Å². The van der Waals surface area contributed by atoms with Crippen molar-refractivity contribution in [3.05, 3.63) is 12.7 Å². The number of allylic oxidation sites excluding steroid dienone is 1. The first kappa shape index (κ1) is 14.0. The molecule has 2 nitrogen and oxygen atoms in total. The van der Waals surface area contributed by atoms with E-state index in [-0.39, 0.29) is 10.2 Å². The van der Waals surface area contributed by atoms with E-state index in [0.717, 1.165) is 6.42 Å². The highest BCUT2D eigenvalue weighted by Crippen LogP contribution is 2.46. The lowest BCUT2D eigenvalue weighted by molar-refractivity contribution is 0.206. The molecule has 0 aromatic carbocycles. The number of rotatable bonds is 5. The van der Waals surface area contributed by atoms with Gasteiger partial charge in [-0.3, -0.25) is 0 Å². The molecule has 4 N–H and O–H groups in total. The van der Waals surface area contributed by atoms with Crippen LogP contribution in [0, 0.1) is 5.41 Å². The van der Waals surface area contributed by atoms with Gasteiger partial charge in [0.05, 0.1) is 0 Å². The van der Waals surface area contributed by atoms with Crippen LogP contribution in [0.2, 0.25) is 0 Å². The molecule has 0 bridgehead atoms. The van der Waals surface area contributed by atoms with Crippen LogP contribution in [0.15, 0.2) is 12.7 Å². The highest BCUT2D eigenvalue weighted by molar-refractivity contribution is 7.82. The van der Waals surface area contributed by atoms with Crippen LogP contribution in [0.4, 0.5) is 0 Å². The first-order chi connectivity index (χ1) is 6.18. The molecule has 0 aliphatic carbocycles. The number of thiol groups is 1. The van der Waals surface area contributed by atoms with Gasteiger partial charge in [-0.2, -0.15) is 12.6 Å². The Kier molecular flexibility index (Phi) is 4.25. The quantitative estimate of drug-likeness (QED) is 0.486. The van der Waals surface area contributed by atoms with E-state index in [1.165, 1.54) is 0 Å². The van der Waals surface area contributed by atoms with Gasteiger partial charge in [0.2, 0.25) is 0 Å². The maximum Gasteiger partial charge on any atom is 0.0402 e. The topological polar surface area (TPSA) is 52.0 Å². The predicted molar refractivity (Wildman–Crippen MR) is 67.6 cm³/mol. The summed E-state index contributed by atoms with van der Waals surface area (Å²) in [6.07, 6.45) is 2.88. The van der Waals surface area contributed by atoms with E-state index in [0.29, 0.717) is 6.54 Å². The third-order valence-corrected chi connectivity index (χ3v) is 4.85. The molecule has 0 saturated carbocycles. The Morgan fingerprint density at radius 3 is 2.00 bits per heavy atom. The van der Waals surface area contributed by atoms with Crippen molar-refractivity contribution in [3.63, 3.8) is 0 Å². The van der Waals surface area contributed by atoms with E-state index in [9.17, 15) is 0 Å². The molecule has 0 aliphatic heterocycles. The maximum absolute atomic E-state index is 6.18. The van der Waals surface area contributed by atoms with Gasteiger partial charge in [-0.05, 0) is 20.3 Å². The van der Waals surface area contributed by atoms with Gasteiger partial charge < -0.3 is 11.5 Å². The van der Waals surface area contributed by atoms with E-state index in [2.05, 4.69) is 20.4 Å². The minimum absolute atomic E-state index is 0.112. The first-order valence-corrected chi connectivity index (χ1v) is 5.48. The van der Waals surface area contributed by atoms with Gasteiger partial charge in [0.25, 0.3) is 0 Å². The number of nitrogens with two attached hydrogens (primary N) is 2. The second kappa shape index (κ2) is 4.25. The van der Waals surface area contributed by atoms with Crippen LogP contribution in [0.25, 0.3) is 0 Å². The molecule has 3 atom stereocenters. The molecule has 14 heavy (non-hydrogen) atoms. The molecule has 3 heteroatoms. The highest BCUT2D eigenvalue weighted by atomic mass is 32.1. The lowest BCUT2D eigenvalue weighted by Gasteiger charge is -2.50. The molecule has 0 aliphatic rings. The summed E-state index contributed by atoms with van der Waals surface area (Å²) in [6, 6.07) is 0. The van der Waals surface area contributed by atoms with Gasteiger partial charge in [0, 0.05) is 22.2 Å². The summed E-state index contributed by atoms with van der Waals surface area (Å²) < 4.78 is -0.370. The van der Waals surface area contributed by atoms with Crippen LogP contribution in [0.3, 0.4) is 0 Å². The van der Waals surface area contributed by atoms with Gasteiger partial charge in [0.15, 0.2) is 0 Å². The Bertz CT molecular complexity index is 211. The van der Waals surface area contributed by atoms with Gasteiger partial charge in [-0.1, -0.05) is 19.9 Å².